The Hall–Kier alpha value is -1.24. The summed E-state index contributed by atoms with van der Waals surface area (Å²) in [7, 11) is 1.57. The highest BCUT2D eigenvalue weighted by atomic mass is 79.9. The van der Waals surface area contributed by atoms with Crippen molar-refractivity contribution in [1.29, 1.82) is 0 Å². The van der Waals surface area contributed by atoms with Gasteiger partial charge in [0.15, 0.2) is 0 Å². The van der Waals surface area contributed by atoms with Gasteiger partial charge in [0.1, 0.15) is 11.4 Å². The molecule has 6 nitrogen and oxygen atoms in total. The summed E-state index contributed by atoms with van der Waals surface area (Å²) in [6, 6.07) is 3.68. The van der Waals surface area contributed by atoms with Crippen LogP contribution >= 0.6 is 31.9 Å². The van der Waals surface area contributed by atoms with Gasteiger partial charge < -0.3 is 9.64 Å². The highest BCUT2D eigenvalue weighted by Crippen LogP contribution is 2.41. The minimum atomic E-state index is 0.00413. The Bertz CT molecular complexity index is 587. The molecule has 1 fully saturated rings. The van der Waals surface area contributed by atoms with Gasteiger partial charge in [0.25, 0.3) is 0 Å². The van der Waals surface area contributed by atoms with Gasteiger partial charge in [-0.2, -0.15) is 0 Å². The number of carbonyl (C=O) groups is 1. The summed E-state index contributed by atoms with van der Waals surface area (Å²) in [5.41, 5.74) is 9.07. The Morgan fingerprint density at radius 2 is 2.30 bits per heavy atom. The van der Waals surface area contributed by atoms with Crippen LogP contribution in [0.4, 0.5) is 5.69 Å². The molecule has 1 unspecified atom stereocenters. The van der Waals surface area contributed by atoms with E-state index < -0.39 is 0 Å². The van der Waals surface area contributed by atoms with Gasteiger partial charge in [-0.25, -0.2) is 0 Å². The maximum absolute atomic E-state index is 12.2. The first-order chi connectivity index (χ1) is 9.56. The monoisotopic (exact) mass is 402 g/mol. The maximum Gasteiger partial charge on any atom is 0.227 e. The van der Waals surface area contributed by atoms with Crippen LogP contribution in [0.2, 0.25) is 0 Å². The van der Waals surface area contributed by atoms with Gasteiger partial charge in [0, 0.05) is 33.4 Å². The first-order valence-corrected chi connectivity index (χ1v) is 7.49. The van der Waals surface area contributed by atoms with Crippen LogP contribution in [-0.2, 0) is 4.79 Å². The van der Waals surface area contributed by atoms with Crippen LogP contribution in [-0.4, -0.2) is 26.1 Å². The molecule has 0 radical (unpaired) electrons. The Labute approximate surface area is 133 Å². The zero-order valence-electron chi connectivity index (χ0n) is 10.7. The van der Waals surface area contributed by atoms with Crippen LogP contribution < -0.4 is 9.64 Å². The lowest BCUT2D eigenvalue weighted by atomic mass is 10.1. The molecule has 1 heterocycles. The normalized spacial score (nSPS) is 18.1. The SMILES string of the molecule is COc1cc(Br)cc(Br)c1N1CC(CN=[N+]=[N-])CC1=O. The third-order valence-electron chi connectivity index (χ3n) is 3.09. The van der Waals surface area contributed by atoms with E-state index in [1.165, 1.54) is 0 Å². The van der Waals surface area contributed by atoms with Crippen LogP contribution in [0, 0.1) is 5.92 Å². The van der Waals surface area contributed by atoms with Crippen LogP contribution in [0.1, 0.15) is 6.42 Å². The number of carbonyl (C=O) groups excluding carboxylic acids is 1. The fourth-order valence-corrected chi connectivity index (χ4v) is 3.63. The number of hydrogen-bond acceptors (Lipinski definition) is 3. The average molecular weight is 404 g/mol. The topological polar surface area (TPSA) is 78.3 Å². The summed E-state index contributed by atoms with van der Waals surface area (Å²) in [6.45, 7) is 0.851. The molecule has 1 amide bonds. The van der Waals surface area contributed by atoms with Crippen LogP contribution in [0.3, 0.4) is 0 Å². The number of methoxy groups -OCH3 is 1. The van der Waals surface area contributed by atoms with Gasteiger partial charge in [-0.3, -0.25) is 4.79 Å². The van der Waals surface area contributed by atoms with E-state index in [9.17, 15) is 4.79 Å². The van der Waals surface area contributed by atoms with E-state index in [4.69, 9.17) is 10.3 Å². The minimum Gasteiger partial charge on any atom is -0.494 e. The molecule has 0 aromatic heterocycles. The van der Waals surface area contributed by atoms with Gasteiger partial charge in [0.2, 0.25) is 5.91 Å². The van der Waals surface area contributed by atoms with Gasteiger partial charge >= 0.3 is 0 Å². The van der Waals surface area contributed by atoms with Gasteiger partial charge in [-0.1, -0.05) is 21.0 Å². The van der Waals surface area contributed by atoms with Crippen molar-refractivity contribution in [3.8, 4) is 5.75 Å². The van der Waals surface area contributed by atoms with E-state index >= 15 is 0 Å². The van der Waals surface area contributed by atoms with Crippen LogP contribution in [0.15, 0.2) is 26.2 Å². The van der Waals surface area contributed by atoms with E-state index in [1.54, 1.807) is 12.0 Å². The molecular formula is C12H12Br2N4O2. The Kier molecular flexibility index (Phi) is 4.91. The number of benzene rings is 1. The summed E-state index contributed by atoms with van der Waals surface area (Å²) in [4.78, 5) is 16.6. The first-order valence-electron chi connectivity index (χ1n) is 5.91. The highest BCUT2D eigenvalue weighted by molar-refractivity contribution is 9.11. The third-order valence-corrected chi connectivity index (χ3v) is 4.15. The van der Waals surface area contributed by atoms with Crippen molar-refractivity contribution >= 4 is 43.5 Å². The minimum absolute atomic E-state index is 0.00413. The fourth-order valence-electron chi connectivity index (χ4n) is 2.23. The fraction of sp³-hybridized carbons (Fsp3) is 0.417. The molecule has 106 valence electrons. The Balaban J connectivity index is 2.32. The largest absolute Gasteiger partial charge is 0.494 e. The Morgan fingerprint density at radius 3 is 2.95 bits per heavy atom. The van der Waals surface area contributed by atoms with Crippen molar-refractivity contribution in [2.75, 3.05) is 25.1 Å². The van der Waals surface area contributed by atoms with E-state index in [-0.39, 0.29) is 11.8 Å². The number of nitrogens with zero attached hydrogens (tertiary/aromatic N) is 4. The number of hydrogen-bond donors (Lipinski definition) is 0. The second-order valence-corrected chi connectivity index (χ2v) is 6.20. The van der Waals surface area contributed by atoms with Crippen LogP contribution in [0.5, 0.6) is 5.75 Å². The van der Waals surface area contributed by atoms with E-state index in [0.717, 1.165) is 8.95 Å². The molecule has 8 heteroatoms. The predicted molar refractivity (Wildman–Crippen MR) is 82.9 cm³/mol. The number of rotatable bonds is 4. The molecule has 20 heavy (non-hydrogen) atoms. The average Bonchev–Trinajstić information content (AvgIpc) is 2.76. The number of amides is 1. The van der Waals surface area contributed by atoms with Crippen molar-refractivity contribution in [3.05, 3.63) is 31.5 Å². The summed E-state index contributed by atoms with van der Waals surface area (Å²) >= 11 is 6.85. The summed E-state index contributed by atoms with van der Waals surface area (Å²) < 4.78 is 6.99. The second kappa shape index (κ2) is 6.47. The van der Waals surface area contributed by atoms with Gasteiger partial charge in [0.05, 0.1) is 7.11 Å². The zero-order valence-corrected chi connectivity index (χ0v) is 13.9. The number of halogens is 2. The summed E-state index contributed by atoms with van der Waals surface area (Å²) in [6.07, 6.45) is 0.380. The smallest absolute Gasteiger partial charge is 0.227 e. The highest BCUT2D eigenvalue weighted by Gasteiger charge is 2.33. The number of azide groups is 1. The molecule has 0 bridgehead atoms. The maximum atomic E-state index is 12.2. The third kappa shape index (κ3) is 3.08. The zero-order chi connectivity index (χ0) is 14.7. The van der Waals surface area contributed by atoms with Gasteiger partial charge in [-0.05, 0) is 39.5 Å². The molecule has 0 spiro atoms. The van der Waals surface area contributed by atoms with Crippen molar-refractivity contribution in [2.24, 2.45) is 11.0 Å². The molecule has 1 aromatic rings. The molecule has 1 atom stereocenters. The molecule has 2 rings (SSSR count). The molecule has 1 aliphatic rings. The molecule has 1 aromatic carbocycles. The predicted octanol–water partition coefficient (Wildman–Crippen LogP) is 3.88. The molecule has 1 saturated heterocycles. The van der Waals surface area contributed by atoms with Crippen molar-refractivity contribution in [2.45, 2.75) is 6.42 Å². The lowest BCUT2D eigenvalue weighted by molar-refractivity contribution is -0.117. The van der Waals surface area contributed by atoms with E-state index in [2.05, 4.69) is 41.9 Å². The first kappa shape index (κ1) is 15.2. The molecule has 0 saturated carbocycles. The number of ether oxygens (including phenoxy) is 1. The molecule has 0 aliphatic carbocycles. The standard InChI is InChI=1S/C12H12Br2N4O2/c1-20-10-4-8(13)3-9(14)12(10)18-6-7(2-11(18)19)5-16-17-15/h3-4,7H,2,5-6H2,1H3. The molecule has 1 aliphatic heterocycles. The van der Waals surface area contributed by atoms with E-state index in [0.29, 0.717) is 30.9 Å². The molecular weight excluding hydrogens is 392 g/mol. The lowest BCUT2D eigenvalue weighted by Crippen LogP contribution is -2.25. The summed E-state index contributed by atoms with van der Waals surface area (Å²) in [5, 5.41) is 3.55. The van der Waals surface area contributed by atoms with Crippen molar-refractivity contribution in [3.63, 3.8) is 0 Å². The molecule has 0 N–H and O–H groups in total. The Morgan fingerprint density at radius 1 is 1.55 bits per heavy atom. The number of anilines is 1. The van der Waals surface area contributed by atoms with E-state index in [1.807, 2.05) is 12.1 Å². The van der Waals surface area contributed by atoms with Crippen LogP contribution in [0.25, 0.3) is 10.4 Å². The lowest BCUT2D eigenvalue weighted by Gasteiger charge is -2.21. The summed E-state index contributed by atoms with van der Waals surface area (Å²) in [5.74, 6) is 0.659. The quantitative estimate of drug-likeness (QED) is 0.434. The van der Waals surface area contributed by atoms with Gasteiger partial charge in [-0.15, -0.1) is 0 Å². The van der Waals surface area contributed by atoms with Crippen molar-refractivity contribution < 1.29 is 9.53 Å². The van der Waals surface area contributed by atoms with Crippen molar-refractivity contribution in [1.82, 2.24) is 0 Å². The second-order valence-electron chi connectivity index (χ2n) is 4.43.